The van der Waals surface area contributed by atoms with Gasteiger partial charge in [0.15, 0.2) is 5.82 Å². The molecule has 0 aliphatic carbocycles. The number of nitrogens with zero attached hydrogens (tertiary/aromatic N) is 4. The summed E-state index contributed by atoms with van der Waals surface area (Å²) in [5, 5.41) is 10.3. The van der Waals surface area contributed by atoms with Crippen LogP contribution in [0.3, 0.4) is 0 Å². The predicted molar refractivity (Wildman–Crippen MR) is 69.8 cm³/mol. The normalized spacial score (nSPS) is 14.1. The number of fused-ring (bicyclic) bond motifs is 1. The van der Waals surface area contributed by atoms with Gasteiger partial charge in [0.25, 0.3) is 0 Å². The zero-order chi connectivity index (χ0) is 13.8. The molecule has 1 aliphatic rings. The fraction of sp³-hybridized carbons (Fsp3) is 0.500. The molecule has 2 N–H and O–H groups in total. The Kier molecular flexibility index (Phi) is 3.84. The number of hydrogen-bond donors (Lipinski definition) is 2. The number of aromatic nitrogens is 4. The van der Waals surface area contributed by atoms with Crippen molar-refractivity contribution >= 4 is 5.82 Å². The molecule has 2 aromatic rings. The molecule has 106 valence electrons. The van der Waals surface area contributed by atoms with E-state index in [1.165, 1.54) is 0 Å². The first-order valence-corrected chi connectivity index (χ1v) is 6.44. The third kappa shape index (κ3) is 2.75. The highest BCUT2D eigenvalue weighted by Crippen LogP contribution is 2.19. The minimum absolute atomic E-state index is 0.345. The molecular formula is C12H16N6O2. The summed E-state index contributed by atoms with van der Waals surface area (Å²) in [6.07, 6.45) is 2.48. The first-order valence-electron chi connectivity index (χ1n) is 6.44. The van der Waals surface area contributed by atoms with Crippen molar-refractivity contribution in [3.8, 4) is 0 Å². The first kappa shape index (κ1) is 12.9. The number of anilines is 1. The van der Waals surface area contributed by atoms with Crippen molar-refractivity contribution in [2.45, 2.75) is 26.1 Å². The van der Waals surface area contributed by atoms with Crippen molar-refractivity contribution in [3.63, 3.8) is 0 Å². The molecule has 3 rings (SSSR count). The summed E-state index contributed by atoms with van der Waals surface area (Å²) in [6, 6.07) is 0. The van der Waals surface area contributed by atoms with Crippen molar-refractivity contribution in [1.29, 1.82) is 0 Å². The van der Waals surface area contributed by atoms with Gasteiger partial charge in [0, 0.05) is 19.2 Å². The molecule has 0 saturated heterocycles. The lowest BCUT2D eigenvalue weighted by Gasteiger charge is -2.18. The van der Waals surface area contributed by atoms with E-state index in [-0.39, 0.29) is 0 Å². The van der Waals surface area contributed by atoms with Crippen molar-refractivity contribution in [2.75, 3.05) is 19.0 Å². The van der Waals surface area contributed by atoms with E-state index in [0.717, 1.165) is 36.6 Å². The van der Waals surface area contributed by atoms with Gasteiger partial charge in [0.2, 0.25) is 5.89 Å². The Morgan fingerprint density at radius 2 is 2.40 bits per heavy atom. The van der Waals surface area contributed by atoms with Crippen molar-refractivity contribution in [1.82, 2.24) is 25.4 Å². The monoisotopic (exact) mass is 276 g/mol. The minimum atomic E-state index is 0.345. The van der Waals surface area contributed by atoms with Gasteiger partial charge in [0.1, 0.15) is 18.8 Å². The molecule has 0 atom stereocenters. The summed E-state index contributed by atoms with van der Waals surface area (Å²) in [7, 11) is 1.59. The van der Waals surface area contributed by atoms with E-state index < -0.39 is 0 Å². The zero-order valence-corrected chi connectivity index (χ0v) is 11.2. The fourth-order valence-corrected chi connectivity index (χ4v) is 2.15. The van der Waals surface area contributed by atoms with Gasteiger partial charge in [0.05, 0.1) is 12.2 Å². The summed E-state index contributed by atoms with van der Waals surface area (Å²) < 4.78 is 10.1. The quantitative estimate of drug-likeness (QED) is 0.802. The Hall–Kier alpha value is -2.06. The Bertz CT molecular complexity index is 585. The second kappa shape index (κ2) is 5.93. The van der Waals surface area contributed by atoms with Crippen LogP contribution in [0.2, 0.25) is 0 Å². The van der Waals surface area contributed by atoms with Gasteiger partial charge in [-0.15, -0.1) is 0 Å². The molecule has 0 aromatic carbocycles. The molecule has 3 heterocycles. The van der Waals surface area contributed by atoms with Crippen LogP contribution in [0.1, 0.15) is 23.0 Å². The highest BCUT2D eigenvalue weighted by atomic mass is 16.5. The summed E-state index contributed by atoms with van der Waals surface area (Å²) in [5.41, 5.74) is 2.20. The molecule has 0 fully saturated rings. The Morgan fingerprint density at radius 1 is 1.45 bits per heavy atom. The summed E-state index contributed by atoms with van der Waals surface area (Å²) in [4.78, 5) is 12.8. The second-order valence-electron chi connectivity index (χ2n) is 4.47. The zero-order valence-electron chi connectivity index (χ0n) is 11.2. The predicted octanol–water partition coefficient (Wildman–Crippen LogP) is 0.264. The molecule has 0 bridgehead atoms. The molecule has 20 heavy (non-hydrogen) atoms. The van der Waals surface area contributed by atoms with Crippen LogP contribution in [0.4, 0.5) is 5.82 Å². The Morgan fingerprint density at radius 3 is 3.30 bits per heavy atom. The number of ether oxygens (including phenoxy) is 1. The van der Waals surface area contributed by atoms with Gasteiger partial charge < -0.3 is 19.9 Å². The third-order valence-corrected chi connectivity index (χ3v) is 3.07. The van der Waals surface area contributed by atoms with Gasteiger partial charge in [-0.2, -0.15) is 4.98 Å². The SMILES string of the molecule is COCc1noc(CNc2ncnc3c2CCNC3)n1. The van der Waals surface area contributed by atoms with Crippen molar-refractivity contribution in [2.24, 2.45) is 0 Å². The Labute approximate surface area is 116 Å². The van der Waals surface area contributed by atoms with Crippen LogP contribution in [0, 0.1) is 0 Å². The number of methoxy groups -OCH3 is 1. The van der Waals surface area contributed by atoms with E-state index in [0.29, 0.717) is 24.9 Å². The molecular weight excluding hydrogens is 260 g/mol. The number of hydrogen-bond acceptors (Lipinski definition) is 8. The summed E-state index contributed by atoms with van der Waals surface area (Å²) in [5.74, 6) is 1.89. The molecule has 0 radical (unpaired) electrons. The van der Waals surface area contributed by atoms with E-state index in [9.17, 15) is 0 Å². The smallest absolute Gasteiger partial charge is 0.246 e. The Balaban J connectivity index is 1.68. The lowest BCUT2D eigenvalue weighted by molar-refractivity contribution is 0.174. The molecule has 8 nitrogen and oxygen atoms in total. The molecule has 2 aromatic heterocycles. The van der Waals surface area contributed by atoms with Crippen molar-refractivity contribution in [3.05, 3.63) is 29.3 Å². The van der Waals surface area contributed by atoms with Gasteiger partial charge in [-0.05, 0) is 13.0 Å². The van der Waals surface area contributed by atoms with Crippen LogP contribution in [0.15, 0.2) is 10.9 Å². The highest BCUT2D eigenvalue weighted by molar-refractivity contribution is 5.46. The van der Waals surface area contributed by atoms with Gasteiger partial charge >= 0.3 is 0 Å². The van der Waals surface area contributed by atoms with Crippen LogP contribution in [0.5, 0.6) is 0 Å². The molecule has 1 aliphatic heterocycles. The molecule has 0 saturated carbocycles. The maximum atomic E-state index is 5.12. The van der Waals surface area contributed by atoms with Crippen LogP contribution in [-0.4, -0.2) is 33.8 Å². The lowest BCUT2D eigenvalue weighted by Crippen LogP contribution is -2.26. The maximum absolute atomic E-state index is 5.12. The largest absolute Gasteiger partial charge is 0.377 e. The average Bonchev–Trinajstić information content (AvgIpc) is 2.93. The molecule has 0 amide bonds. The van der Waals surface area contributed by atoms with Crippen LogP contribution in [0.25, 0.3) is 0 Å². The topological polar surface area (TPSA) is 98.0 Å². The van der Waals surface area contributed by atoms with Crippen LogP contribution >= 0.6 is 0 Å². The van der Waals surface area contributed by atoms with Gasteiger partial charge in [-0.3, -0.25) is 0 Å². The van der Waals surface area contributed by atoms with E-state index in [2.05, 4.69) is 30.7 Å². The molecule has 0 spiro atoms. The average molecular weight is 276 g/mol. The van der Waals surface area contributed by atoms with Crippen molar-refractivity contribution < 1.29 is 9.26 Å². The van der Waals surface area contributed by atoms with Gasteiger partial charge in [-0.25, -0.2) is 9.97 Å². The number of rotatable bonds is 5. The van der Waals surface area contributed by atoms with Gasteiger partial charge in [-0.1, -0.05) is 5.16 Å². The number of nitrogens with one attached hydrogen (secondary N) is 2. The minimum Gasteiger partial charge on any atom is -0.377 e. The van der Waals surface area contributed by atoms with Crippen LogP contribution < -0.4 is 10.6 Å². The van der Waals surface area contributed by atoms with Crippen LogP contribution in [-0.2, 0) is 30.9 Å². The molecule has 0 unspecified atom stereocenters. The maximum Gasteiger partial charge on any atom is 0.246 e. The fourth-order valence-electron chi connectivity index (χ4n) is 2.15. The van der Waals surface area contributed by atoms with E-state index in [1.807, 2.05) is 0 Å². The summed E-state index contributed by atoms with van der Waals surface area (Å²) >= 11 is 0. The third-order valence-electron chi connectivity index (χ3n) is 3.07. The lowest BCUT2D eigenvalue weighted by atomic mass is 10.1. The van der Waals surface area contributed by atoms with E-state index in [4.69, 9.17) is 9.26 Å². The highest BCUT2D eigenvalue weighted by Gasteiger charge is 2.15. The summed E-state index contributed by atoms with van der Waals surface area (Å²) in [6.45, 7) is 2.50. The standard InChI is InChI=1S/C12H16N6O2/c1-19-6-10-17-11(20-18-10)5-14-12-8-2-3-13-4-9(8)15-7-16-12/h7,13H,2-6H2,1H3,(H,14,15,16). The second-order valence-corrected chi connectivity index (χ2v) is 4.47. The molecule has 8 heteroatoms. The van der Waals surface area contributed by atoms with E-state index >= 15 is 0 Å². The van der Waals surface area contributed by atoms with E-state index in [1.54, 1.807) is 13.4 Å². The first-order chi connectivity index (χ1) is 9.86.